The third-order valence-electron chi connectivity index (χ3n) is 2.58. The van der Waals surface area contributed by atoms with E-state index in [-0.39, 0.29) is 18.1 Å². The number of rotatable bonds is 2. The smallest absolute Gasteiger partial charge is 0.0784 e. The molecule has 4 heteroatoms. The zero-order valence-corrected chi connectivity index (χ0v) is 8.27. The maximum Gasteiger partial charge on any atom is 0.0784 e. The lowest BCUT2D eigenvalue weighted by molar-refractivity contribution is 0.0787. The molecule has 1 aliphatic rings. The average Bonchev–Trinajstić information content (AvgIpc) is 2.11. The van der Waals surface area contributed by atoms with Gasteiger partial charge in [-0.05, 0) is 24.8 Å². The van der Waals surface area contributed by atoms with Gasteiger partial charge in [0.15, 0.2) is 0 Å². The third-order valence-corrected chi connectivity index (χ3v) is 2.58. The molecular formula is C9H15N3O. The molecule has 0 bridgehead atoms. The van der Waals surface area contributed by atoms with E-state index in [9.17, 15) is 0 Å². The summed E-state index contributed by atoms with van der Waals surface area (Å²) in [7, 11) is 1.68. The fourth-order valence-electron chi connectivity index (χ4n) is 1.73. The minimum Gasteiger partial charge on any atom is -0.377 e. The van der Waals surface area contributed by atoms with Crippen LogP contribution in [0.3, 0.4) is 0 Å². The van der Waals surface area contributed by atoms with Gasteiger partial charge in [0.1, 0.15) is 0 Å². The lowest BCUT2D eigenvalue weighted by Crippen LogP contribution is -2.32. The number of azide groups is 1. The predicted molar refractivity (Wildman–Crippen MR) is 51.3 cm³/mol. The molecular weight excluding hydrogens is 166 g/mol. The van der Waals surface area contributed by atoms with E-state index in [1.807, 2.05) is 6.92 Å². The molecule has 4 nitrogen and oxygen atoms in total. The predicted octanol–water partition coefficient (Wildman–Crippen LogP) is 2.67. The van der Waals surface area contributed by atoms with Crippen LogP contribution in [-0.4, -0.2) is 19.3 Å². The molecule has 72 valence electrons. The number of hydrogen-bond donors (Lipinski definition) is 0. The Morgan fingerprint density at radius 1 is 1.69 bits per heavy atom. The number of ether oxygens (including phenoxy) is 1. The van der Waals surface area contributed by atoms with Crippen LogP contribution in [0, 0.1) is 5.92 Å². The zero-order chi connectivity index (χ0) is 9.84. The molecule has 0 saturated carbocycles. The number of hydrogen-bond acceptors (Lipinski definition) is 2. The summed E-state index contributed by atoms with van der Waals surface area (Å²) in [5.74, 6) is 0.268. The second-order valence-corrected chi connectivity index (χ2v) is 3.55. The van der Waals surface area contributed by atoms with E-state index in [2.05, 4.69) is 23.0 Å². The lowest BCUT2D eigenvalue weighted by Gasteiger charge is -2.30. The second-order valence-electron chi connectivity index (χ2n) is 3.55. The molecule has 0 spiro atoms. The standard InChI is InChI=1S/C9H15N3O/c1-6-4-8(11-12-10)7(2)9(5-6)13-3/h5,7-9H,4H2,1-3H3/t7-,8+,9-/m1/s1. The van der Waals surface area contributed by atoms with Gasteiger partial charge < -0.3 is 4.74 Å². The Kier molecular flexibility index (Phi) is 3.34. The van der Waals surface area contributed by atoms with Gasteiger partial charge in [-0.2, -0.15) is 0 Å². The molecule has 0 aliphatic heterocycles. The van der Waals surface area contributed by atoms with E-state index in [4.69, 9.17) is 10.3 Å². The Labute approximate surface area is 78.2 Å². The van der Waals surface area contributed by atoms with Crippen LogP contribution >= 0.6 is 0 Å². The van der Waals surface area contributed by atoms with E-state index < -0.39 is 0 Å². The van der Waals surface area contributed by atoms with Gasteiger partial charge in [-0.1, -0.05) is 23.7 Å². The van der Waals surface area contributed by atoms with Crippen molar-refractivity contribution in [1.82, 2.24) is 0 Å². The van der Waals surface area contributed by atoms with Crippen LogP contribution in [0.1, 0.15) is 20.3 Å². The van der Waals surface area contributed by atoms with Gasteiger partial charge in [0.25, 0.3) is 0 Å². The van der Waals surface area contributed by atoms with Gasteiger partial charge in [0.05, 0.1) is 6.10 Å². The van der Waals surface area contributed by atoms with Crippen LogP contribution < -0.4 is 0 Å². The Hall–Kier alpha value is -0.990. The van der Waals surface area contributed by atoms with E-state index in [1.54, 1.807) is 7.11 Å². The first-order valence-corrected chi connectivity index (χ1v) is 4.43. The van der Waals surface area contributed by atoms with Crippen molar-refractivity contribution in [3.63, 3.8) is 0 Å². The molecule has 0 fully saturated rings. The van der Waals surface area contributed by atoms with Gasteiger partial charge in [-0.15, -0.1) is 0 Å². The molecule has 13 heavy (non-hydrogen) atoms. The molecule has 0 amide bonds. The molecule has 0 aromatic carbocycles. The fourth-order valence-corrected chi connectivity index (χ4v) is 1.73. The van der Waals surface area contributed by atoms with Crippen molar-refractivity contribution in [2.45, 2.75) is 32.4 Å². The highest BCUT2D eigenvalue weighted by molar-refractivity contribution is 5.12. The summed E-state index contributed by atoms with van der Waals surface area (Å²) < 4.78 is 5.29. The molecule has 0 aromatic heterocycles. The van der Waals surface area contributed by atoms with Crippen molar-refractivity contribution >= 4 is 0 Å². The van der Waals surface area contributed by atoms with Gasteiger partial charge >= 0.3 is 0 Å². The number of methoxy groups -OCH3 is 1. The van der Waals surface area contributed by atoms with Crippen molar-refractivity contribution < 1.29 is 4.74 Å². The van der Waals surface area contributed by atoms with E-state index in [0.29, 0.717) is 0 Å². The van der Waals surface area contributed by atoms with Crippen LogP contribution in [0.25, 0.3) is 10.4 Å². The first-order valence-electron chi connectivity index (χ1n) is 4.43. The molecule has 0 N–H and O–H groups in total. The molecule has 1 aliphatic carbocycles. The Morgan fingerprint density at radius 3 is 2.92 bits per heavy atom. The summed E-state index contributed by atoms with van der Waals surface area (Å²) in [4.78, 5) is 2.86. The highest BCUT2D eigenvalue weighted by Gasteiger charge is 2.27. The Morgan fingerprint density at radius 2 is 2.38 bits per heavy atom. The lowest BCUT2D eigenvalue weighted by atomic mass is 9.85. The number of nitrogens with zero attached hydrogens (tertiary/aromatic N) is 3. The molecule has 1 rings (SSSR count). The van der Waals surface area contributed by atoms with E-state index in [1.165, 1.54) is 5.57 Å². The third kappa shape index (κ3) is 2.23. The monoisotopic (exact) mass is 181 g/mol. The summed E-state index contributed by atoms with van der Waals surface area (Å²) >= 11 is 0. The summed E-state index contributed by atoms with van der Waals surface area (Å²) in [6.45, 7) is 4.09. The average molecular weight is 181 g/mol. The van der Waals surface area contributed by atoms with Crippen molar-refractivity contribution in [2.24, 2.45) is 11.0 Å². The zero-order valence-electron chi connectivity index (χ0n) is 8.27. The summed E-state index contributed by atoms with van der Waals surface area (Å²) in [5, 5.41) is 3.77. The van der Waals surface area contributed by atoms with Gasteiger partial charge in [-0.25, -0.2) is 0 Å². The molecule has 0 saturated heterocycles. The molecule has 0 aromatic rings. The maximum absolute atomic E-state index is 8.38. The van der Waals surface area contributed by atoms with Crippen molar-refractivity contribution in [1.29, 1.82) is 0 Å². The van der Waals surface area contributed by atoms with E-state index >= 15 is 0 Å². The highest BCUT2D eigenvalue weighted by Crippen LogP contribution is 2.28. The van der Waals surface area contributed by atoms with Crippen LogP contribution in [0.2, 0.25) is 0 Å². The summed E-state index contributed by atoms with van der Waals surface area (Å²) in [5.41, 5.74) is 9.62. The molecule has 0 radical (unpaired) electrons. The van der Waals surface area contributed by atoms with Gasteiger partial charge in [0.2, 0.25) is 0 Å². The Balaban J connectivity index is 2.81. The van der Waals surface area contributed by atoms with Crippen LogP contribution in [0.5, 0.6) is 0 Å². The first-order chi connectivity index (χ1) is 6.19. The molecule has 3 atom stereocenters. The SMILES string of the molecule is CO[C@@H]1C=C(C)C[C@H](N=[N+]=[N-])[C@H]1C. The van der Waals surface area contributed by atoms with Crippen LogP contribution in [-0.2, 0) is 4.74 Å². The minimum atomic E-state index is 0.0416. The topological polar surface area (TPSA) is 58.0 Å². The highest BCUT2D eigenvalue weighted by atomic mass is 16.5. The molecule has 0 heterocycles. The Bertz CT molecular complexity index is 256. The van der Waals surface area contributed by atoms with Gasteiger partial charge in [-0.3, -0.25) is 0 Å². The normalized spacial score (nSPS) is 33.5. The maximum atomic E-state index is 8.38. The first kappa shape index (κ1) is 10.1. The molecule has 0 unspecified atom stereocenters. The van der Waals surface area contributed by atoms with Crippen molar-refractivity contribution in [3.05, 3.63) is 22.1 Å². The van der Waals surface area contributed by atoms with Crippen molar-refractivity contribution in [3.8, 4) is 0 Å². The van der Waals surface area contributed by atoms with Crippen LogP contribution in [0.15, 0.2) is 16.8 Å². The summed E-state index contributed by atoms with van der Waals surface area (Å²) in [6.07, 6.45) is 3.04. The second kappa shape index (κ2) is 4.30. The van der Waals surface area contributed by atoms with E-state index in [0.717, 1.165) is 6.42 Å². The fraction of sp³-hybridized carbons (Fsp3) is 0.778. The quantitative estimate of drug-likeness (QED) is 0.279. The minimum absolute atomic E-state index is 0.0416. The largest absolute Gasteiger partial charge is 0.377 e. The summed E-state index contributed by atoms with van der Waals surface area (Å²) in [6, 6.07) is 0.0416. The van der Waals surface area contributed by atoms with Crippen LogP contribution in [0.4, 0.5) is 0 Å². The van der Waals surface area contributed by atoms with Gasteiger partial charge in [0, 0.05) is 18.1 Å². The van der Waals surface area contributed by atoms with Crippen molar-refractivity contribution in [2.75, 3.05) is 7.11 Å².